The third-order valence-corrected chi connectivity index (χ3v) is 4.28. The van der Waals surface area contributed by atoms with Crippen molar-refractivity contribution >= 4 is 50.7 Å². The summed E-state index contributed by atoms with van der Waals surface area (Å²) < 4.78 is 11.1. The number of nitrogens with one attached hydrogen (secondary N) is 3. The first kappa shape index (κ1) is 22.9. The zero-order chi connectivity index (χ0) is 22.1. The number of hydrogen-bond donors (Lipinski definition) is 3. The molecule has 0 aliphatic heterocycles. The smallest absolute Gasteiger partial charge is 0.329 e. The third kappa shape index (κ3) is 6.89. The Balaban J connectivity index is 1.88. The minimum atomic E-state index is -0.986. The minimum absolute atomic E-state index is 0.0513. The second-order valence-corrected chi connectivity index (χ2v) is 6.96. The summed E-state index contributed by atoms with van der Waals surface area (Å²) in [4.78, 5) is 36.1. The van der Waals surface area contributed by atoms with Crippen LogP contribution in [-0.2, 0) is 14.4 Å². The molecule has 0 unspecified atom stereocenters. The number of ether oxygens (including phenoxy) is 2. The Hall–Kier alpha value is -3.40. The van der Waals surface area contributed by atoms with Crippen LogP contribution < -0.4 is 25.5 Å². The molecule has 3 amide bonds. The van der Waals surface area contributed by atoms with Crippen LogP contribution in [0.25, 0.3) is 0 Å². The van der Waals surface area contributed by atoms with Gasteiger partial charge in [0.05, 0.1) is 26.3 Å². The summed E-state index contributed by atoms with van der Waals surface area (Å²) in [6.07, 6.45) is -0.0513. The number of hydrazone groups is 1. The van der Waals surface area contributed by atoms with E-state index in [1.165, 1.54) is 14.2 Å². The second kappa shape index (κ2) is 11.0. The molecule has 0 saturated heterocycles. The van der Waals surface area contributed by atoms with Gasteiger partial charge in [-0.25, -0.2) is 5.43 Å². The van der Waals surface area contributed by atoms with Crippen LogP contribution in [0.4, 0.5) is 11.4 Å². The van der Waals surface area contributed by atoms with E-state index in [-0.39, 0.29) is 12.3 Å². The molecule has 2 aromatic carbocycles. The standard InChI is InChI=1S/C20H21BrN4O5/c1-12(10-18(26)22-14-6-4-13(21)5-7-14)24-25-20(28)19(27)23-16-9-8-15(29-2)11-17(16)30-3/h4-9,11H,10H2,1-3H3,(H,22,26)(H,23,27)(H,25,28)/b24-12+. The van der Waals surface area contributed by atoms with Crippen molar-refractivity contribution in [2.75, 3.05) is 24.9 Å². The predicted octanol–water partition coefficient (Wildman–Crippen LogP) is 2.93. The minimum Gasteiger partial charge on any atom is -0.497 e. The largest absolute Gasteiger partial charge is 0.497 e. The van der Waals surface area contributed by atoms with Crippen molar-refractivity contribution in [3.05, 3.63) is 46.9 Å². The third-order valence-electron chi connectivity index (χ3n) is 3.76. The van der Waals surface area contributed by atoms with E-state index in [2.05, 4.69) is 37.1 Å². The molecule has 2 aromatic rings. The van der Waals surface area contributed by atoms with Gasteiger partial charge in [-0.2, -0.15) is 5.10 Å². The summed E-state index contributed by atoms with van der Waals surface area (Å²) >= 11 is 3.32. The van der Waals surface area contributed by atoms with Crippen LogP contribution in [0.1, 0.15) is 13.3 Å². The molecular weight excluding hydrogens is 456 g/mol. The van der Waals surface area contributed by atoms with Gasteiger partial charge in [-0.3, -0.25) is 14.4 Å². The van der Waals surface area contributed by atoms with Crippen molar-refractivity contribution in [3.8, 4) is 11.5 Å². The predicted molar refractivity (Wildman–Crippen MR) is 117 cm³/mol. The Morgan fingerprint density at radius 3 is 2.30 bits per heavy atom. The van der Waals surface area contributed by atoms with E-state index in [1.807, 2.05) is 0 Å². The molecule has 0 bridgehead atoms. The molecule has 3 N–H and O–H groups in total. The van der Waals surface area contributed by atoms with Crippen LogP contribution in [0.5, 0.6) is 11.5 Å². The lowest BCUT2D eigenvalue weighted by atomic mass is 10.2. The molecule has 10 heteroatoms. The molecule has 0 aliphatic carbocycles. The van der Waals surface area contributed by atoms with Crippen LogP contribution >= 0.6 is 15.9 Å². The molecule has 30 heavy (non-hydrogen) atoms. The summed E-state index contributed by atoms with van der Waals surface area (Å²) in [7, 11) is 2.93. The fourth-order valence-corrected chi connectivity index (χ4v) is 2.55. The zero-order valence-corrected chi connectivity index (χ0v) is 18.2. The first-order valence-corrected chi connectivity index (χ1v) is 9.53. The van der Waals surface area contributed by atoms with Gasteiger partial charge in [-0.1, -0.05) is 15.9 Å². The van der Waals surface area contributed by atoms with E-state index >= 15 is 0 Å². The molecule has 0 spiro atoms. The number of benzene rings is 2. The summed E-state index contributed by atoms with van der Waals surface area (Å²) in [5.41, 5.74) is 3.38. The van der Waals surface area contributed by atoms with E-state index < -0.39 is 11.8 Å². The summed E-state index contributed by atoms with van der Waals surface area (Å²) in [6.45, 7) is 1.56. The molecule has 0 fully saturated rings. The lowest BCUT2D eigenvalue weighted by molar-refractivity contribution is -0.136. The van der Waals surface area contributed by atoms with Gasteiger partial charge in [0, 0.05) is 21.9 Å². The summed E-state index contributed by atoms with van der Waals surface area (Å²) in [5.74, 6) is -1.36. The lowest BCUT2D eigenvalue weighted by Crippen LogP contribution is -2.33. The average Bonchev–Trinajstić information content (AvgIpc) is 2.73. The maximum atomic E-state index is 12.1. The fraction of sp³-hybridized carbons (Fsp3) is 0.200. The van der Waals surface area contributed by atoms with Crippen molar-refractivity contribution in [1.29, 1.82) is 0 Å². The molecule has 0 saturated carbocycles. The van der Waals surface area contributed by atoms with Crippen LogP contribution in [0.15, 0.2) is 52.0 Å². The first-order valence-electron chi connectivity index (χ1n) is 8.74. The highest BCUT2D eigenvalue weighted by atomic mass is 79.9. The number of halogens is 1. The van der Waals surface area contributed by atoms with Crippen molar-refractivity contribution in [2.45, 2.75) is 13.3 Å². The first-order chi connectivity index (χ1) is 14.3. The van der Waals surface area contributed by atoms with Crippen LogP contribution in [0.3, 0.4) is 0 Å². The molecular formula is C20H21BrN4O5. The molecule has 0 aliphatic rings. The van der Waals surface area contributed by atoms with Crippen molar-refractivity contribution in [3.63, 3.8) is 0 Å². The van der Waals surface area contributed by atoms with Gasteiger partial charge in [0.15, 0.2) is 0 Å². The van der Waals surface area contributed by atoms with Gasteiger partial charge in [-0.05, 0) is 43.3 Å². The molecule has 158 valence electrons. The van der Waals surface area contributed by atoms with Gasteiger partial charge >= 0.3 is 11.8 Å². The number of anilines is 2. The Labute approximate surface area is 182 Å². The zero-order valence-electron chi connectivity index (χ0n) is 16.6. The van der Waals surface area contributed by atoms with Crippen LogP contribution in [0.2, 0.25) is 0 Å². The van der Waals surface area contributed by atoms with Crippen molar-refractivity contribution in [2.24, 2.45) is 5.10 Å². The number of methoxy groups -OCH3 is 2. The van der Waals surface area contributed by atoms with Gasteiger partial charge in [0.25, 0.3) is 0 Å². The van der Waals surface area contributed by atoms with Crippen LogP contribution in [0, 0.1) is 0 Å². The Morgan fingerprint density at radius 2 is 1.67 bits per heavy atom. The topological polar surface area (TPSA) is 118 Å². The summed E-state index contributed by atoms with van der Waals surface area (Å²) in [6, 6.07) is 11.8. The number of carbonyl (C=O) groups is 3. The molecule has 0 aromatic heterocycles. The average molecular weight is 477 g/mol. The second-order valence-electron chi connectivity index (χ2n) is 6.04. The maximum absolute atomic E-state index is 12.1. The highest BCUT2D eigenvalue weighted by Crippen LogP contribution is 2.28. The highest BCUT2D eigenvalue weighted by molar-refractivity contribution is 9.10. The van der Waals surface area contributed by atoms with E-state index in [0.29, 0.717) is 28.6 Å². The highest BCUT2D eigenvalue weighted by Gasteiger charge is 2.16. The van der Waals surface area contributed by atoms with Gasteiger partial charge < -0.3 is 20.1 Å². The van der Waals surface area contributed by atoms with E-state index in [9.17, 15) is 14.4 Å². The fourth-order valence-electron chi connectivity index (χ4n) is 2.29. The number of carbonyl (C=O) groups excluding carboxylic acids is 3. The van der Waals surface area contributed by atoms with E-state index in [4.69, 9.17) is 9.47 Å². The Kier molecular flexibility index (Phi) is 8.36. The monoisotopic (exact) mass is 476 g/mol. The lowest BCUT2D eigenvalue weighted by Gasteiger charge is -2.11. The number of hydrogen-bond acceptors (Lipinski definition) is 6. The van der Waals surface area contributed by atoms with Crippen molar-refractivity contribution < 1.29 is 23.9 Å². The van der Waals surface area contributed by atoms with Gasteiger partial charge in [0.1, 0.15) is 11.5 Å². The maximum Gasteiger partial charge on any atom is 0.329 e. The molecule has 0 heterocycles. The Bertz CT molecular complexity index is 960. The molecule has 0 radical (unpaired) electrons. The van der Waals surface area contributed by atoms with E-state index in [1.54, 1.807) is 49.4 Å². The molecule has 0 atom stereocenters. The Morgan fingerprint density at radius 1 is 0.967 bits per heavy atom. The van der Waals surface area contributed by atoms with Gasteiger partial charge in [-0.15, -0.1) is 0 Å². The van der Waals surface area contributed by atoms with Gasteiger partial charge in [0.2, 0.25) is 5.91 Å². The number of nitrogens with zero attached hydrogens (tertiary/aromatic N) is 1. The molecule has 2 rings (SSSR count). The molecule has 9 nitrogen and oxygen atoms in total. The van der Waals surface area contributed by atoms with E-state index in [0.717, 1.165) is 4.47 Å². The SMILES string of the molecule is COc1ccc(NC(=O)C(=O)N/N=C(\C)CC(=O)Nc2ccc(Br)cc2)c(OC)c1. The quantitative estimate of drug-likeness (QED) is 0.322. The summed E-state index contributed by atoms with van der Waals surface area (Å²) in [5, 5.41) is 8.93. The number of rotatable bonds is 7. The number of amides is 3. The van der Waals surface area contributed by atoms with Crippen LogP contribution in [-0.4, -0.2) is 37.7 Å². The van der Waals surface area contributed by atoms with Crippen molar-refractivity contribution in [1.82, 2.24) is 5.43 Å². The normalized spacial score (nSPS) is 10.7.